The fourth-order valence-corrected chi connectivity index (χ4v) is 7.50. The number of phosphoric ester groups is 1. The molecule has 0 aromatic carbocycles. The smallest absolute Gasteiger partial charge is 0.456 e. The summed E-state index contributed by atoms with van der Waals surface area (Å²) in [5.41, 5.74) is 0. The molecule has 400 valence electrons. The quantitative estimate of drug-likeness (QED) is 0.0156. The van der Waals surface area contributed by atoms with Crippen LogP contribution < -0.4 is 5.32 Å². The van der Waals surface area contributed by atoms with Crippen molar-refractivity contribution in [1.29, 1.82) is 0 Å². The van der Waals surface area contributed by atoms with Gasteiger partial charge >= 0.3 is 13.8 Å². The first-order valence-corrected chi connectivity index (χ1v) is 28.7. The molecule has 0 aromatic heterocycles. The standard InChI is InChI=1S/C61H99N2O7P/c1-7-10-13-16-19-22-25-27-29-31-33-35-38-41-44-47-50-53-60(64)62-58(57-69-71(66,67)68-56-55-63(4,5)6)59(52-49-46-43-40-37-24-21-18-15-12-9-3)70-61(65)54-51-48-45-42-39-36-34-32-30-28-26-23-20-17-14-11-8-2/h10-11,13-14,16,19-20,22-23,25,27-31,33-36,38,42,45,49,52,58-59H,7-9,12,15,17-18,21,24,26,32,37,39-41,43-44,46-48,50-51,53-57H2,1-6H3,(H-,62,64,66,67)/p+1/b13-10-,14-11-,19-16+,23-20-,25-22+,29-27-,30-28-,33-31+,36-34-,38-35+,45-42-,52-49+. The van der Waals surface area contributed by atoms with Gasteiger partial charge in [-0.05, 0) is 89.5 Å². The average molecular weight is 1000 g/mol. The first-order chi connectivity index (χ1) is 34.4. The molecule has 0 rings (SSSR count). The highest BCUT2D eigenvalue weighted by Gasteiger charge is 2.30. The van der Waals surface area contributed by atoms with Gasteiger partial charge < -0.3 is 19.4 Å². The van der Waals surface area contributed by atoms with Crippen molar-refractivity contribution in [3.63, 3.8) is 0 Å². The zero-order valence-corrected chi connectivity index (χ0v) is 46.3. The summed E-state index contributed by atoms with van der Waals surface area (Å²) in [4.78, 5) is 37.5. The molecule has 0 aliphatic rings. The van der Waals surface area contributed by atoms with Crippen LogP contribution in [-0.4, -0.2) is 74.3 Å². The monoisotopic (exact) mass is 1000 g/mol. The predicted octanol–water partition coefficient (Wildman–Crippen LogP) is 16.3. The SMILES string of the molecule is CC\C=C/C=C/C=C/C=C\C=C\C=C\CCCCCC(=O)NC(COP(=O)(O)OCC[N+](C)(C)C)C(/C=C/CCCCCCCCCCC)OC(=O)CCC/C=C\C/C=C\C/C=C\C/C=C\C/C=C\CC. The van der Waals surface area contributed by atoms with Gasteiger partial charge in [-0.1, -0.05) is 218 Å². The van der Waals surface area contributed by atoms with Crippen LogP contribution in [0.1, 0.15) is 175 Å². The minimum Gasteiger partial charge on any atom is -0.456 e. The van der Waals surface area contributed by atoms with Crippen LogP contribution in [0.3, 0.4) is 0 Å². The number of unbranched alkanes of at least 4 members (excludes halogenated alkanes) is 13. The van der Waals surface area contributed by atoms with E-state index in [0.29, 0.717) is 23.9 Å². The van der Waals surface area contributed by atoms with Gasteiger partial charge in [0.1, 0.15) is 19.3 Å². The Morgan fingerprint density at radius 2 is 0.986 bits per heavy atom. The van der Waals surface area contributed by atoms with E-state index in [1.54, 1.807) is 6.08 Å². The van der Waals surface area contributed by atoms with Crippen molar-refractivity contribution in [2.45, 2.75) is 187 Å². The highest BCUT2D eigenvalue weighted by Crippen LogP contribution is 2.43. The summed E-state index contributed by atoms with van der Waals surface area (Å²) < 4.78 is 30.5. The first kappa shape index (κ1) is 66.9. The number of likely N-dealkylation sites (N-methyl/N-ethyl adjacent to an activating group) is 1. The number of esters is 1. The number of amides is 1. The van der Waals surface area contributed by atoms with Crippen LogP contribution in [0.2, 0.25) is 0 Å². The van der Waals surface area contributed by atoms with Crippen molar-refractivity contribution in [2.75, 3.05) is 40.9 Å². The zero-order valence-electron chi connectivity index (χ0n) is 45.4. The van der Waals surface area contributed by atoms with E-state index in [1.165, 1.54) is 44.9 Å². The second-order valence-electron chi connectivity index (χ2n) is 18.8. The van der Waals surface area contributed by atoms with Gasteiger partial charge in [-0.15, -0.1) is 0 Å². The maximum absolute atomic E-state index is 13.5. The number of hydrogen-bond donors (Lipinski definition) is 2. The van der Waals surface area contributed by atoms with Gasteiger partial charge in [0.05, 0.1) is 33.8 Å². The van der Waals surface area contributed by atoms with Crippen LogP contribution in [-0.2, 0) is 27.9 Å². The molecule has 0 saturated heterocycles. The van der Waals surface area contributed by atoms with Crippen LogP contribution in [0.15, 0.2) is 146 Å². The number of quaternary nitrogens is 1. The van der Waals surface area contributed by atoms with Crippen molar-refractivity contribution in [3.05, 3.63) is 146 Å². The lowest BCUT2D eigenvalue weighted by molar-refractivity contribution is -0.870. The molecule has 0 aromatic rings. The topological polar surface area (TPSA) is 111 Å². The number of ether oxygens (including phenoxy) is 1. The highest BCUT2D eigenvalue weighted by atomic mass is 31.2. The molecule has 71 heavy (non-hydrogen) atoms. The highest BCUT2D eigenvalue weighted by molar-refractivity contribution is 7.47. The number of carbonyl (C=O) groups excluding carboxylic acids is 2. The normalized spacial score (nSPS) is 15.0. The van der Waals surface area contributed by atoms with Crippen molar-refractivity contribution in [2.24, 2.45) is 0 Å². The average Bonchev–Trinajstić information content (AvgIpc) is 3.33. The number of hydrogen-bond acceptors (Lipinski definition) is 6. The zero-order chi connectivity index (χ0) is 52.2. The number of carbonyl (C=O) groups is 2. The third-order valence-corrected chi connectivity index (χ3v) is 11.9. The van der Waals surface area contributed by atoms with Gasteiger partial charge in [-0.2, -0.15) is 0 Å². The lowest BCUT2D eigenvalue weighted by Crippen LogP contribution is -2.47. The number of allylic oxidation sites excluding steroid dienone is 23. The fraction of sp³-hybridized carbons (Fsp3) is 0.574. The summed E-state index contributed by atoms with van der Waals surface area (Å²) >= 11 is 0. The second kappa shape index (κ2) is 49.5. The first-order valence-electron chi connectivity index (χ1n) is 27.2. The van der Waals surface area contributed by atoms with Crippen molar-refractivity contribution in [1.82, 2.24) is 5.32 Å². The van der Waals surface area contributed by atoms with Crippen LogP contribution in [0.25, 0.3) is 0 Å². The Bertz CT molecular complexity index is 1720. The van der Waals surface area contributed by atoms with Gasteiger partial charge in [-0.3, -0.25) is 18.6 Å². The molecule has 10 heteroatoms. The molecule has 0 spiro atoms. The molecule has 0 radical (unpaired) electrons. The molecule has 0 heterocycles. The molecule has 3 atom stereocenters. The Kier molecular flexibility index (Phi) is 46.6. The lowest BCUT2D eigenvalue weighted by atomic mass is 10.1. The third-order valence-electron chi connectivity index (χ3n) is 10.9. The molecule has 0 saturated carbocycles. The Morgan fingerprint density at radius 3 is 1.54 bits per heavy atom. The van der Waals surface area contributed by atoms with E-state index in [2.05, 4.69) is 99.0 Å². The molecule has 0 aliphatic heterocycles. The minimum absolute atomic E-state index is 0.0129. The van der Waals surface area contributed by atoms with Gasteiger partial charge in [0.15, 0.2) is 0 Å². The van der Waals surface area contributed by atoms with E-state index >= 15 is 0 Å². The molecular formula is C61H100N2O7P+. The number of rotatable bonds is 46. The molecule has 2 N–H and O–H groups in total. The van der Waals surface area contributed by atoms with Gasteiger partial charge in [0.25, 0.3) is 0 Å². The van der Waals surface area contributed by atoms with Gasteiger partial charge in [0, 0.05) is 12.8 Å². The Morgan fingerprint density at radius 1 is 0.521 bits per heavy atom. The number of nitrogens with one attached hydrogen (secondary N) is 1. The summed E-state index contributed by atoms with van der Waals surface area (Å²) in [6.45, 7) is 6.62. The molecular weight excluding hydrogens is 904 g/mol. The van der Waals surface area contributed by atoms with Crippen LogP contribution in [0, 0.1) is 0 Å². The van der Waals surface area contributed by atoms with E-state index in [1.807, 2.05) is 88.0 Å². The van der Waals surface area contributed by atoms with E-state index in [0.717, 1.165) is 83.5 Å². The van der Waals surface area contributed by atoms with E-state index in [-0.39, 0.29) is 32.0 Å². The molecule has 0 fully saturated rings. The third kappa shape index (κ3) is 50.6. The van der Waals surface area contributed by atoms with E-state index in [4.69, 9.17) is 13.8 Å². The molecule has 1 amide bonds. The Labute approximate surface area is 434 Å². The molecule has 3 unspecified atom stereocenters. The molecule has 0 bridgehead atoms. The lowest BCUT2D eigenvalue weighted by Gasteiger charge is -2.27. The summed E-state index contributed by atoms with van der Waals surface area (Å²) in [5, 5.41) is 2.99. The second-order valence-corrected chi connectivity index (χ2v) is 20.2. The van der Waals surface area contributed by atoms with E-state index in [9.17, 15) is 19.0 Å². The fourth-order valence-electron chi connectivity index (χ4n) is 6.77. The Balaban J connectivity index is 5.58. The number of phosphoric acid groups is 1. The maximum atomic E-state index is 13.5. The maximum Gasteiger partial charge on any atom is 0.472 e. The van der Waals surface area contributed by atoms with Crippen molar-refractivity contribution in [3.8, 4) is 0 Å². The summed E-state index contributed by atoms with van der Waals surface area (Å²) in [6.07, 6.45) is 71.4. The summed E-state index contributed by atoms with van der Waals surface area (Å²) in [6, 6.07) is -0.905. The Hall–Kier alpha value is -4.11. The van der Waals surface area contributed by atoms with Crippen LogP contribution >= 0.6 is 7.82 Å². The van der Waals surface area contributed by atoms with Crippen LogP contribution in [0.4, 0.5) is 0 Å². The minimum atomic E-state index is -4.48. The summed E-state index contributed by atoms with van der Waals surface area (Å²) in [7, 11) is 1.40. The van der Waals surface area contributed by atoms with Crippen molar-refractivity contribution >= 4 is 19.7 Å². The molecule has 0 aliphatic carbocycles. The largest absolute Gasteiger partial charge is 0.472 e. The molecule has 9 nitrogen and oxygen atoms in total. The predicted molar refractivity (Wildman–Crippen MR) is 304 cm³/mol. The van der Waals surface area contributed by atoms with Gasteiger partial charge in [-0.25, -0.2) is 4.57 Å². The van der Waals surface area contributed by atoms with Gasteiger partial charge in [0.2, 0.25) is 5.91 Å². The van der Waals surface area contributed by atoms with Crippen molar-refractivity contribution < 1.29 is 37.3 Å². The number of nitrogens with zero attached hydrogens (tertiary/aromatic N) is 1. The summed E-state index contributed by atoms with van der Waals surface area (Å²) in [5.74, 6) is -0.642. The van der Waals surface area contributed by atoms with Crippen LogP contribution in [0.5, 0.6) is 0 Å². The van der Waals surface area contributed by atoms with E-state index < -0.39 is 25.9 Å².